The first-order valence-electron chi connectivity index (χ1n) is 10.1. The third-order valence-corrected chi connectivity index (χ3v) is 5.54. The van der Waals surface area contributed by atoms with Crippen molar-refractivity contribution in [2.45, 2.75) is 26.2 Å². The van der Waals surface area contributed by atoms with E-state index in [2.05, 4.69) is 9.88 Å². The molecule has 2 saturated heterocycles. The third-order valence-electron chi connectivity index (χ3n) is 5.54. The second kappa shape index (κ2) is 8.31. The van der Waals surface area contributed by atoms with Crippen LogP contribution in [-0.2, 0) is 0 Å². The number of carbonyl (C=O) groups excluding carboxylic acids is 1. The number of piperidine rings is 1. The number of hydrogen-bond acceptors (Lipinski definition) is 5. The van der Waals surface area contributed by atoms with Gasteiger partial charge >= 0.3 is 0 Å². The van der Waals surface area contributed by atoms with Gasteiger partial charge in [-0.15, -0.1) is 0 Å². The summed E-state index contributed by atoms with van der Waals surface area (Å²) in [5.41, 5.74) is 0.419. The number of amides is 1. The maximum Gasteiger partial charge on any atom is 0.259 e. The summed E-state index contributed by atoms with van der Waals surface area (Å²) in [5, 5.41) is 0. The first-order valence-corrected chi connectivity index (χ1v) is 10.1. The van der Waals surface area contributed by atoms with Crippen molar-refractivity contribution in [1.29, 1.82) is 0 Å². The first-order chi connectivity index (χ1) is 14.0. The molecular formula is C21H25F2N5O. The van der Waals surface area contributed by atoms with Gasteiger partial charge in [-0.25, -0.2) is 13.8 Å². The summed E-state index contributed by atoms with van der Waals surface area (Å²) in [6, 6.07) is 5.48. The van der Waals surface area contributed by atoms with Crippen molar-refractivity contribution < 1.29 is 13.6 Å². The minimum absolute atomic E-state index is 0.364. The number of aromatic nitrogens is 2. The van der Waals surface area contributed by atoms with Crippen LogP contribution in [0.5, 0.6) is 0 Å². The van der Waals surface area contributed by atoms with E-state index in [9.17, 15) is 13.6 Å². The first kappa shape index (κ1) is 19.5. The number of hydrogen-bond donors (Lipinski definition) is 0. The highest BCUT2D eigenvalue weighted by atomic mass is 19.1. The highest BCUT2D eigenvalue weighted by Gasteiger charge is 2.27. The third kappa shape index (κ3) is 4.16. The van der Waals surface area contributed by atoms with Gasteiger partial charge in [-0.3, -0.25) is 4.79 Å². The number of rotatable bonds is 3. The van der Waals surface area contributed by atoms with Crippen LogP contribution >= 0.6 is 0 Å². The summed E-state index contributed by atoms with van der Waals surface area (Å²) in [4.78, 5) is 27.7. The van der Waals surface area contributed by atoms with Crippen molar-refractivity contribution in [3.8, 4) is 0 Å². The van der Waals surface area contributed by atoms with Crippen molar-refractivity contribution in [2.75, 3.05) is 49.1 Å². The normalized spacial score (nSPS) is 17.6. The van der Waals surface area contributed by atoms with Crippen molar-refractivity contribution in [2.24, 2.45) is 0 Å². The Hall–Kier alpha value is -2.77. The number of aryl methyl sites for hydroxylation is 1. The molecule has 29 heavy (non-hydrogen) atoms. The minimum atomic E-state index is -0.828. The molecule has 1 aromatic heterocycles. The largest absolute Gasteiger partial charge is 0.356 e. The fourth-order valence-corrected chi connectivity index (χ4v) is 3.93. The molecular weight excluding hydrogens is 376 g/mol. The van der Waals surface area contributed by atoms with Gasteiger partial charge in [-0.1, -0.05) is 6.07 Å². The molecule has 0 atom stereocenters. The van der Waals surface area contributed by atoms with Gasteiger partial charge in [0.05, 0.1) is 0 Å². The Morgan fingerprint density at radius 3 is 2.21 bits per heavy atom. The SMILES string of the molecule is Cc1cc(N2CCCCC2)nc(N2CCN(C(=O)c3c(F)cccc3F)CC2)n1. The van der Waals surface area contributed by atoms with Gasteiger partial charge in [0, 0.05) is 51.0 Å². The molecule has 4 rings (SSSR count). The maximum absolute atomic E-state index is 13.9. The molecule has 2 aliphatic heterocycles. The summed E-state index contributed by atoms with van der Waals surface area (Å²) < 4.78 is 27.9. The van der Waals surface area contributed by atoms with Crippen molar-refractivity contribution in [3.63, 3.8) is 0 Å². The van der Waals surface area contributed by atoms with E-state index in [4.69, 9.17) is 4.98 Å². The van der Waals surface area contributed by atoms with Crippen LogP contribution in [0.25, 0.3) is 0 Å². The van der Waals surface area contributed by atoms with Gasteiger partial charge in [0.2, 0.25) is 5.95 Å². The number of anilines is 2. The lowest BCUT2D eigenvalue weighted by atomic mass is 10.1. The Morgan fingerprint density at radius 1 is 0.897 bits per heavy atom. The van der Waals surface area contributed by atoms with Crippen LogP contribution in [0.2, 0.25) is 0 Å². The second-order valence-electron chi connectivity index (χ2n) is 7.59. The molecule has 0 unspecified atom stereocenters. The van der Waals surface area contributed by atoms with E-state index in [1.807, 2.05) is 17.9 Å². The topological polar surface area (TPSA) is 52.6 Å². The predicted molar refractivity (Wildman–Crippen MR) is 107 cm³/mol. The summed E-state index contributed by atoms with van der Waals surface area (Å²) in [5.74, 6) is -0.676. The molecule has 6 nitrogen and oxygen atoms in total. The predicted octanol–water partition coefficient (Wildman–Crippen LogP) is 3.02. The van der Waals surface area contributed by atoms with E-state index in [0.29, 0.717) is 32.1 Å². The maximum atomic E-state index is 13.9. The summed E-state index contributed by atoms with van der Waals surface area (Å²) in [6.45, 7) is 5.74. The molecule has 0 N–H and O–H groups in total. The van der Waals surface area contributed by atoms with E-state index in [-0.39, 0.29) is 0 Å². The average Bonchev–Trinajstić information content (AvgIpc) is 2.74. The molecule has 2 fully saturated rings. The standard InChI is InChI=1S/C21H25F2N5O/c1-15-14-18(26-8-3-2-4-9-26)25-21(24-15)28-12-10-27(11-13-28)20(29)19-16(22)6-5-7-17(19)23/h5-7,14H,2-4,8-13H2,1H3. The number of piperazine rings is 1. The van der Waals surface area contributed by atoms with Crippen LogP contribution in [-0.4, -0.2) is 60.0 Å². The molecule has 1 amide bonds. The zero-order valence-electron chi connectivity index (χ0n) is 16.6. The Kier molecular flexibility index (Phi) is 5.60. The second-order valence-corrected chi connectivity index (χ2v) is 7.59. The van der Waals surface area contributed by atoms with Crippen LogP contribution < -0.4 is 9.80 Å². The number of carbonyl (C=O) groups is 1. The molecule has 2 aliphatic rings. The van der Waals surface area contributed by atoms with Crippen molar-refractivity contribution >= 4 is 17.7 Å². The molecule has 2 aromatic rings. The molecule has 0 saturated carbocycles. The summed E-state index contributed by atoms with van der Waals surface area (Å²) >= 11 is 0. The van der Waals surface area contributed by atoms with Crippen LogP contribution in [0.15, 0.2) is 24.3 Å². The number of benzene rings is 1. The van der Waals surface area contributed by atoms with Crippen LogP contribution in [0.1, 0.15) is 35.3 Å². The molecule has 3 heterocycles. The molecule has 0 radical (unpaired) electrons. The van der Waals surface area contributed by atoms with E-state index in [1.54, 1.807) is 0 Å². The Morgan fingerprint density at radius 2 is 1.55 bits per heavy atom. The van der Waals surface area contributed by atoms with Crippen LogP contribution in [0.4, 0.5) is 20.5 Å². The highest BCUT2D eigenvalue weighted by Crippen LogP contribution is 2.23. The fourth-order valence-electron chi connectivity index (χ4n) is 3.93. The smallest absolute Gasteiger partial charge is 0.259 e. The molecule has 0 aliphatic carbocycles. The molecule has 0 bridgehead atoms. The lowest BCUT2D eigenvalue weighted by Crippen LogP contribution is -2.49. The van der Waals surface area contributed by atoms with Gasteiger partial charge in [0.15, 0.2) is 0 Å². The molecule has 8 heteroatoms. The molecule has 1 aromatic carbocycles. The zero-order chi connectivity index (χ0) is 20.4. The van der Waals surface area contributed by atoms with Gasteiger partial charge in [-0.05, 0) is 38.3 Å². The van der Waals surface area contributed by atoms with E-state index < -0.39 is 23.1 Å². The Balaban J connectivity index is 1.46. The number of halogens is 2. The lowest BCUT2D eigenvalue weighted by molar-refractivity contribution is 0.0736. The van der Waals surface area contributed by atoms with E-state index >= 15 is 0 Å². The summed E-state index contributed by atoms with van der Waals surface area (Å²) in [6.07, 6.45) is 3.60. The highest BCUT2D eigenvalue weighted by molar-refractivity contribution is 5.95. The zero-order valence-corrected chi connectivity index (χ0v) is 16.6. The van der Waals surface area contributed by atoms with Crippen molar-refractivity contribution in [3.05, 3.63) is 47.2 Å². The van der Waals surface area contributed by atoms with Gasteiger partial charge in [-0.2, -0.15) is 4.98 Å². The average molecular weight is 401 g/mol. The minimum Gasteiger partial charge on any atom is -0.356 e. The monoisotopic (exact) mass is 401 g/mol. The lowest BCUT2D eigenvalue weighted by Gasteiger charge is -2.35. The fraction of sp³-hybridized carbons (Fsp3) is 0.476. The van der Waals surface area contributed by atoms with Gasteiger partial charge in [0.1, 0.15) is 23.0 Å². The van der Waals surface area contributed by atoms with E-state index in [1.165, 1.54) is 30.2 Å². The van der Waals surface area contributed by atoms with Gasteiger partial charge < -0.3 is 14.7 Å². The number of nitrogens with zero attached hydrogens (tertiary/aromatic N) is 5. The Labute approximate surface area is 169 Å². The Bertz CT molecular complexity index is 872. The van der Waals surface area contributed by atoms with Crippen molar-refractivity contribution in [1.82, 2.24) is 14.9 Å². The van der Waals surface area contributed by atoms with Crippen LogP contribution in [0, 0.1) is 18.6 Å². The van der Waals surface area contributed by atoms with Crippen LogP contribution in [0.3, 0.4) is 0 Å². The quantitative estimate of drug-likeness (QED) is 0.791. The van der Waals surface area contributed by atoms with Gasteiger partial charge in [0.25, 0.3) is 5.91 Å². The summed E-state index contributed by atoms with van der Waals surface area (Å²) in [7, 11) is 0. The van der Waals surface area contributed by atoms with E-state index in [0.717, 1.165) is 36.7 Å². The molecule has 154 valence electrons. The molecule has 0 spiro atoms.